The van der Waals surface area contributed by atoms with Gasteiger partial charge in [0.15, 0.2) is 4.96 Å². The van der Waals surface area contributed by atoms with Crippen molar-refractivity contribution in [3.05, 3.63) is 120 Å². The fraction of sp³-hybridized carbons (Fsp3) is 0.0938. The van der Waals surface area contributed by atoms with Crippen LogP contribution in [0.25, 0.3) is 49.7 Å². The molecule has 0 N–H and O–H groups in total. The third-order valence-corrected chi connectivity index (χ3v) is 8.14. The molecule has 0 radical (unpaired) electrons. The average Bonchev–Trinajstić information content (AvgIpc) is 3.56. The molecule has 2 nitrogen and oxygen atoms in total. The van der Waals surface area contributed by atoms with E-state index in [9.17, 15) is 0 Å². The van der Waals surface area contributed by atoms with Crippen LogP contribution in [0, 0.1) is 0 Å². The number of hydrogen-bond acceptors (Lipinski definition) is 2. The molecule has 4 aromatic carbocycles. The quantitative estimate of drug-likeness (QED) is 0.254. The van der Waals surface area contributed by atoms with Crippen LogP contribution in [0.1, 0.15) is 25.0 Å². The second-order valence-corrected chi connectivity index (χ2v) is 10.6. The summed E-state index contributed by atoms with van der Waals surface area (Å²) in [7, 11) is 0. The summed E-state index contributed by atoms with van der Waals surface area (Å²) in [6, 6.07) is 35.2. The number of nitrogens with zero attached hydrogens (tertiary/aromatic N) is 2. The van der Waals surface area contributed by atoms with E-state index in [0.29, 0.717) is 0 Å². The second-order valence-electron chi connectivity index (χ2n) is 9.74. The van der Waals surface area contributed by atoms with Gasteiger partial charge in [-0.3, -0.25) is 4.40 Å². The molecule has 1 aliphatic carbocycles. The van der Waals surface area contributed by atoms with Gasteiger partial charge in [0.25, 0.3) is 0 Å². The van der Waals surface area contributed by atoms with Crippen molar-refractivity contribution in [2.75, 3.05) is 0 Å². The molecule has 2 aromatic heterocycles. The van der Waals surface area contributed by atoms with Crippen LogP contribution in [0.2, 0.25) is 0 Å². The zero-order chi connectivity index (χ0) is 23.6. The average molecular weight is 469 g/mol. The van der Waals surface area contributed by atoms with E-state index in [1.807, 2.05) is 6.07 Å². The van der Waals surface area contributed by atoms with E-state index in [-0.39, 0.29) is 5.41 Å². The molecule has 0 unspecified atom stereocenters. The number of benzene rings is 4. The Bertz CT molecular complexity index is 1700. The third-order valence-electron chi connectivity index (χ3n) is 7.38. The molecule has 0 bridgehead atoms. The van der Waals surface area contributed by atoms with Gasteiger partial charge in [0.2, 0.25) is 0 Å². The molecule has 2 heterocycles. The van der Waals surface area contributed by atoms with Gasteiger partial charge in [-0.05, 0) is 39.4 Å². The molecule has 3 heteroatoms. The number of imidazole rings is 1. The van der Waals surface area contributed by atoms with Crippen molar-refractivity contribution in [3.63, 3.8) is 0 Å². The lowest BCUT2D eigenvalue weighted by Gasteiger charge is -2.22. The maximum absolute atomic E-state index is 4.96. The maximum Gasteiger partial charge on any atom is 0.194 e. The van der Waals surface area contributed by atoms with Crippen LogP contribution in [-0.2, 0) is 5.41 Å². The summed E-state index contributed by atoms with van der Waals surface area (Å²) in [5, 5.41) is 2.10. The highest BCUT2D eigenvalue weighted by molar-refractivity contribution is 7.15. The van der Waals surface area contributed by atoms with Gasteiger partial charge in [-0.15, -0.1) is 11.3 Å². The van der Waals surface area contributed by atoms with Gasteiger partial charge in [0, 0.05) is 28.1 Å². The minimum Gasteiger partial charge on any atom is -0.290 e. The van der Waals surface area contributed by atoms with Gasteiger partial charge < -0.3 is 0 Å². The van der Waals surface area contributed by atoms with E-state index in [4.69, 9.17) is 4.98 Å². The van der Waals surface area contributed by atoms with Crippen LogP contribution in [0.15, 0.2) is 109 Å². The van der Waals surface area contributed by atoms with Crippen LogP contribution in [-0.4, -0.2) is 9.38 Å². The van der Waals surface area contributed by atoms with Crippen molar-refractivity contribution in [1.82, 2.24) is 9.38 Å². The molecular formula is C32H24N2S. The molecule has 0 saturated heterocycles. The molecule has 0 amide bonds. The van der Waals surface area contributed by atoms with Crippen molar-refractivity contribution in [1.29, 1.82) is 0 Å². The number of thiazole rings is 1. The summed E-state index contributed by atoms with van der Waals surface area (Å²) < 4.78 is 2.21. The van der Waals surface area contributed by atoms with Gasteiger partial charge in [0.1, 0.15) is 0 Å². The minimum absolute atomic E-state index is 0.00855. The highest BCUT2D eigenvalue weighted by atomic mass is 32.1. The number of fused-ring (bicyclic) bond motifs is 4. The second kappa shape index (κ2) is 7.53. The molecule has 35 heavy (non-hydrogen) atoms. The Morgan fingerprint density at radius 2 is 1.34 bits per heavy atom. The number of aromatic nitrogens is 2. The lowest BCUT2D eigenvalue weighted by atomic mass is 9.81. The first kappa shape index (κ1) is 20.4. The summed E-state index contributed by atoms with van der Waals surface area (Å²) in [4.78, 5) is 5.97. The topological polar surface area (TPSA) is 17.3 Å². The molecule has 1 aliphatic rings. The van der Waals surface area contributed by atoms with Gasteiger partial charge in [-0.2, -0.15) is 0 Å². The Balaban J connectivity index is 1.31. The van der Waals surface area contributed by atoms with E-state index in [1.54, 1.807) is 11.3 Å². The van der Waals surface area contributed by atoms with Gasteiger partial charge in [-0.1, -0.05) is 105 Å². The molecule has 7 rings (SSSR count). The first-order chi connectivity index (χ1) is 17.1. The van der Waals surface area contributed by atoms with E-state index in [1.165, 1.54) is 38.9 Å². The normalized spacial score (nSPS) is 13.7. The predicted octanol–water partition coefficient (Wildman–Crippen LogP) is 8.70. The Morgan fingerprint density at radius 3 is 2.17 bits per heavy atom. The largest absolute Gasteiger partial charge is 0.290 e. The van der Waals surface area contributed by atoms with Crippen molar-refractivity contribution in [2.45, 2.75) is 19.3 Å². The summed E-state index contributed by atoms with van der Waals surface area (Å²) in [5.41, 5.74) is 12.5. The lowest BCUT2D eigenvalue weighted by molar-refractivity contribution is 0.660. The van der Waals surface area contributed by atoms with Gasteiger partial charge in [0.05, 0.1) is 11.4 Å². The molecule has 0 spiro atoms. The SMILES string of the molecule is CC1(C)c2ccccc2-c2ccc(-c3ccc(-c4c(-c5ccccc5)nc5sccn45)cc3)cc21. The summed E-state index contributed by atoms with van der Waals surface area (Å²) in [6.07, 6.45) is 2.11. The van der Waals surface area contributed by atoms with Crippen molar-refractivity contribution >= 4 is 16.3 Å². The Morgan fingerprint density at radius 1 is 0.657 bits per heavy atom. The van der Waals surface area contributed by atoms with E-state index >= 15 is 0 Å². The highest BCUT2D eigenvalue weighted by Gasteiger charge is 2.35. The van der Waals surface area contributed by atoms with Crippen LogP contribution >= 0.6 is 11.3 Å². The maximum atomic E-state index is 4.96. The molecule has 0 fully saturated rings. The Hall–Kier alpha value is -3.95. The Labute approximate surface area is 209 Å². The number of hydrogen-bond donors (Lipinski definition) is 0. The molecule has 0 saturated carbocycles. The predicted molar refractivity (Wildman–Crippen MR) is 147 cm³/mol. The van der Waals surface area contributed by atoms with E-state index < -0.39 is 0 Å². The fourth-order valence-electron chi connectivity index (χ4n) is 5.56. The first-order valence-electron chi connectivity index (χ1n) is 12.0. The molecule has 6 aromatic rings. The first-order valence-corrected chi connectivity index (χ1v) is 12.9. The summed E-state index contributed by atoms with van der Waals surface area (Å²) in [6.45, 7) is 4.67. The van der Waals surface area contributed by atoms with Crippen LogP contribution in [0.3, 0.4) is 0 Å². The Kier molecular flexibility index (Phi) is 4.39. The highest BCUT2D eigenvalue weighted by Crippen LogP contribution is 2.49. The van der Waals surface area contributed by atoms with Crippen molar-refractivity contribution in [3.8, 4) is 44.8 Å². The van der Waals surface area contributed by atoms with Gasteiger partial charge >= 0.3 is 0 Å². The molecule has 0 atom stereocenters. The van der Waals surface area contributed by atoms with Crippen molar-refractivity contribution < 1.29 is 0 Å². The fourth-order valence-corrected chi connectivity index (χ4v) is 6.28. The number of rotatable bonds is 3. The monoisotopic (exact) mass is 468 g/mol. The smallest absolute Gasteiger partial charge is 0.194 e. The third kappa shape index (κ3) is 3.05. The zero-order valence-corrected chi connectivity index (χ0v) is 20.5. The summed E-state index contributed by atoms with van der Waals surface area (Å²) in [5.74, 6) is 0. The molecule has 168 valence electrons. The minimum atomic E-state index is 0.00855. The lowest BCUT2D eigenvalue weighted by Crippen LogP contribution is -2.14. The van der Waals surface area contributed by atoms with Crippen LogP contribution in [0.4, 0.5) is 0 Å². The zero-order valence-electron chi connectivity index (χ0n) is 19.7. The van der Waals surface area contributed by atoms with E-state index in [2.05, 4.69) is 121 Å². The molecule has 0 aliphatic heterocycles. The van der Waals surface area contributed by atoms with Crippen LogP contribution < -0.4 is 0 Å². The standard InChI is InChI=1S/C32H24N2S/c1-32(2)27-11-7-6-10-25(27)26-17-16-24(20-28(26)32)21-12-14-23(15-13-21)30-29(22-8-4-3-5-9-22)33-31-34(30)18-19-35-31/h3-20H,1-2H3. The van der Waals surface area contributed by atoms with Crippen LogP contribution in [0.5, 0.6) is 0 Å². The molecular weight excluding hydrogens is 444 g/mol. The van der Waals surface area contributed by atoms with Gasteiger partial charge in [-0.25, -0.2) is 4.98 Å². The summed E-state index contributed by atoms with van der Waals surface area (Å²) >= 11 is 1.67. The van der Waals surface area contributed by atoms with E-state index in [0.717, 1.165) is 21.9 Å². The van der Waals surface area contributed by atoms with Crippen molar-refractivity contribution in [2.24, 2.45) is 0 Å².